The number of amides is 1. The highest BCUT2D eigenvalue weighted by atomic mass is 32.1. The number of nitrogens with one attached hydrogen (secondary N) is 1. The van der Waals surface area contributed by atoms with Gasteiger partial charge in [0.15, 0.2) is 0 Å². The molecule has 5 nitrogen and oxygen atoms in total. The highest BCUT2D eigenvalue weighted by Gasteiger charge is 2.01. The van der Waals surface area contributed by atoms with E-state index >= 15 is 0 Å². The van der Waals surface area contributed by atoms with Crippen LogP contribution in [0, 0.1) is 0 Å². The highest BCUT2D eigenvalue weighted by molar-refractivity contribution is 7.13. The maximum absolute atomic E-state index is 11.6. The van der Waals surface area contributed by atoms with Crippen LogP contribution in [0.3, 0.4) is 0 Å². The van der Waals surface area contributed by atoms with Gasteiger partial charge in [0.25, 0.3) is 0 Å². The Hall–Kier alpha value is -2.21. The molecule has 0 aliphatic carbocycles. The van der Waals surface area contributed by atoms with Crippen LogP contribution >= 0.6 is 11.3 Å². The van der Waals surface area contributed by atoms with Gasteiger partial charge in [0.1, 0.15) is 11.3 Å². The zero-order valence-electron chi connectivity index (χ0n) is 9.66. The molecular formula is C12H11N3O2S. The maximum atomic E-state index is 11.6. The molecule has 0 saturated carbocycles. The first-order valence-electron chi connectivity index (χ1n) is 5.18. The van der Waals surface area contributed by atoms with Gasteiger partial charge >= 0.3 is 0 Å². The summed E-state index contributed by atoms with van der Waals surface area (Å²) in [6.07, 6.45) is 3.12. The van der Waals surface area contributed by atoms with E-state index in [-0.39, 0.29) is 5.91 Å². The molecule has 1 heterocycles. The molecule has 0 atom stereocenters. The zero-order chi connectivity index (χ0) is 12.8. The average Bonchev–Trinajstić information content (AvgIpc) is 2.89. The molecular weight excluding hydrogens is 250 g/mol. The zero-order valence-corrected chi connectivity index (χ0v) is 10.5. The molecule has 1 aromatic carbocycles. The molecule has 1 aromatic heterocycles. The Labute approximate surface area is 108 Å². The predicted molar refractivity (Wildman–Crippen MR) is 70.6 cm³/mol. The normalized spacial score (nSPS) is 10.5. The van der Waals surface area contributed by atoms with Crippen molar-refractivity contribution in [2.24, 2.45) is 0 Å². The number of anilines is 1. The van der Waals surface area contributed by atoms with Gasteiger partial charge in [-0.2, -0.15) is 0 Å². The standard InChI is InChI=1S/C12H11N3O2S/c1-17-10-5-3-2-4-9(10)6-7-11(16)14-12-15-13-8-18-12/h2-8H,1H3,(H,14,15,16)/b7-6+. The summed E-state index contributed by atoms with van der Waals surface area (Å²) >= 11 is 1.27. The molecule has 0 spiro atoms. The molecule has 0 aliphatic rings. The van der Waals surface area contributed by atoms with Crippen LogP contribution in [0.2, 0.25) is 0 Å². The number of aromatic nitrogens is 2. The monoisotopic (exact) mass is 261 g/mol. The molecule has 0 saturated heterocycles. The number of rotatable bonds is 4. The van der Waals surface area contributed by atoms with Gasteiger partial charge < -0.3 is 4.74 Å². The van der Waals surface area contributed by atoms with Gasteiger partial charge in [-0.25, -0.2) is 0 Å². The maximum Gasteiger partial charge on any atom is 0.250 e. The van der Waals surface area contributed by atoms with E-state index < -0.39 is 0 Å². The van der Waals surface area contributed by atoms with E-state index in [1.54, 1.807) is 18.7 Å². The molecule has 1 amide bonds. The lowest BCUT2D eigenvalue weighted by Crippen LogP contribution is -2.07. The Morgan fingerprint density at radius 1 is 1.44 bits per heavy atom. The van der Waals surface area contributed by atoms with Crippen LogP contribution in [-0.2, 0) is 4.79 Å². The molecule has 0 bridgehead atoms. The van der Waals surface area contributed by atoms with Crippen LogP contribution < -0.4 is 10.1 Å². The number of hydrogen-bond acceptors (Lipinski definition) is 5. The Morgan fingerprint density at radius 3 is 3.00 bits per heavy atom. The van der Waals surface area contributed by atoms with Gasteiger partial charge in [-0.3, -0.25) is 10.1 Å². The van der Waals surface area contributed by atoms with E-state index in [1.165, 1.54) is 17.4 Å². The number of methoxy groups -OCH3 is 1. The largest absolute Gasteiger partial charge is 0.496 e. The summed E-state index contributed by atoms with van der Waals surface area (Å²) in [5, 5.41) is 10.4. The lowest BCUT2D eigenvalue weighted by Gasteiger charge is -2.03. The van der Waals surface area contributed by atoms with Crippen LogP contribution in [0.1, 0.15) is 5.56 Å². The topological polar surface area (TPSA) is 64.1 Å². The highest BCUT2D eigenvalue weighted by Crippen LogP contribution is 2.18. The second kappa shape index (κ2) is 5.92. The fraction of sp³-hybridized carbons (Fsp3) is 0.0833. The second-order valence-electron chi connectivity index (χ2n) is 3.31. The Morgan fingerprint density at radius 2 is 2.28 bits per heavy atom. The van der Waals surface area contributed by atoms with Gasteiger partial charge in [-0.05, 0) is 12.1 Å². The second-order valence-corrected chi connectivity index (χ2v) is 4.14. The van der Waals surface area contributed by atoms with Crippen molar-refractivity contribution >= 4 is 28.5 Å². The average molecular weight is 261 g/mol. The van der Waals surface area contributed by atoms with Crippen molar-refractivity contribution in [1.29, 1.82) is 0 Å². The van der Waals surface area contributed by atoms with Crippen molar-refractivity contribution in [2.45, 2.75) is 0 Å². The van der Waals surface area contributed by atoms with Crippen LogP contribution in [0.15, 0.2) is 35.9 Å². The summed E-state index contributed by atoms with van der Waals surface area (Å²) in [6.45, 7) is 0. The minimum absolute atomic E-state index is 0.252. The van der Waals surface area contributed by atoms with E-state index in [0.717, 1.165) is 11.3 Å². The molecule has 0 aliphatic heterocycles. The van der Waals surface area contributed by atoms with Gasteiger partial charge in [-0.15, -0.1) is 10.2 Å². The van der Waals surface area contributed by atoms with Crippen LogP contribution in [0.5, 0.6) is 5.75 Å². The van der Waals surface area contributed by atoms with E-state index in [4.69, 9.17) is 4.74 Å². The molecule has 0 unspecified atom stereocenters. The van der Waals surface area contributed by atoms with E-state index in [2.05, 4.69) is 15.5 Å². The molecule has 92 valence electrons. The van der Waals surface area contributed by atoms with Crippen molar-refractivity contribution < 1.29 is 9.53 Å². The minimum atomic E-state index is -0.252. The summed E-state index contributed by atoms with van der Waals surface area (Å²) in [5.74, 6) is 0.468. The lowest BCUT2D eigenvalue weighted by molar-refractivity contribution is -0.111. The van der Waals surface area contributed by atoms with E-state index in [9.17, 15) is 4.79 Å². The van der Waals surface area contributed by atoms with Crippen molar-refractivity contribution in [3.63, 3.8) is 0 Å². The number of carbonyl (C=O) groups excluding carboxylic acids is 1. The fourth-order valence-corrected chi connectivity index (χ4v) is 1.79. The summed E-state index contributed by atoms with van der Waals surface area (Å²) < 4.78 is 5.18. The third-order valence-electron chi connectivity index (χ3n) is 2.14. The molecule has 2 rings (SSSR count). The quantitative estimate of drug-likeness (QED) is 0.857. The Bertz CT molecular complexity index is 552. The summed E-state index contributed by atoms with van der Waals surface area (Å²) in [5.41, 5.74) is 2.40. The number of para-hydroxylation sites is 1. The SMILES string of the molecule is COc1ccccc1/C=C/C(=O)Nc1nncs1. The number of ether oxygens (including phenoxy) is 1. The molecule has 18 heavy (non-hydrogen) atoms. The smallest absolute Gasteiger partial charge is 0.250 e. The van der Waals surface area contributed by atoms with Crippen molar-refractivity contribution in [3.05, 3.63) is 41.4 Å². The molecule has 2 aromatic rings. The third-order valence-corrected chi connectivity index (χ3v) is 2.75. The van der Waals surface area contributed by atoms with Crippen LogP contribution in [0.25, 0.3) is 6.08 Å². The summed E-state index contributed by atoms with van der Waals surface area (Å²) in [6, 6.07) is 7.46. The van der Waals surface area contributed by atoms with Gasteiger partial charge in [0.05, 0.1) is 7.11 Å². The first-order chi connectivity index (χ1) is 8.79. The predicted octanol–water partition coefficient (Wildman–Crippen LogP) is 2.20. The number of hydrogen-bond donors (Lipinski definition) is 1. The fourth-order valence-electron chi connectivity index (χ4n) is 1.34. The lowest BCUT2D eigenvalue weighted by atomic mass is 10.2. The van der Waals surface area contributed by atoms with Gasteiger partial charge in [-0.1, -0.05) is 29.5 Å². The van der Waals surface area contributed by atoms with Gasteiger partial charge in [0.2, 0.25) is 11.0 Å². The molecule has 0 fully saturated rings. The van der Waals surface area contributed by atoms with E-state index in [0.29, 0.717) is 5.13 Å². The van der Waals surface area contributed by atoms with Crippen molar-refractivity contribution in [3.8, 4) is 5.75 Å². The third kappa shape index (κ3) is 3.14. The molecule has 6 heteroatoms. The van der Waals surface area contributed by atoms with Gasteiger partial charge in [0, 0.05) is 11.6 Å². The first-order valence-corrected chi connectivity index (χ1v) is 6.06. The summed E-state index contributed by atoms with van der Waals surface area (Å²) in [4.78, 5) is 11.6. The number of benzene rings is 1. The Kier molecular flexibility index (Phi) is 4.03. The first kappa shape index (κ1) is 12.3. The van der Waals surface area contributed by atoms with E-state index in [1.807, 2.05) is 24.3 Å². The van der Waals surface area contributed by atoms with Crippen molar-refractivity contribution in [1.82, 2.24) is 10.2 Å². The minimum Gasteiger partial charge on any atom is -0.496 e. The van der Waals surface area contributed by atoms with Crippen LogP contribution in [0.4, 0.5) is 5.13 Å². The van der Waals surface area contributed by atoms with Crippen molar-refractivity contribution in [2.75, 3.05) is 12.4 Å². The Balaban J connectivity index is 2.04. The molecule has 0 radical (unpaired) electrons. The summed E-state index contributed by atoms with van der Waals surface area (Å²) in [7, 11) is 1.59. The number of carbonyl (C=O) groups is 1. The number of nitrogens with zero attached hydrogens (tertiary/aromatic N) is 2. The molecule has 1 N–H and O–H groups in total. The van der Waals surface area contributed by atoms with Crippen LogP contribution in [-0.4, -0.2) is 23.2 Å².